The largest absolute Gasteiger partial charge is 0.353 e. The number of nitro groups is 1. The number of nitrogens with zero attached hydrogens (tertiary/aromatic N) is 5. The molecule has 0 radical (unpaired) electrons. The first-order chi connectivity index (χ1) is 15.7. The van der Waals surface area contributed by atoms with Gasteiger partial charge >= 0.3 is 0 Å². The molecule has 0 aliphatic carbocycles. The lowest BCUT2D eigenvalue weighted by Gasteiger charge is -2.35. The van der Waals surface area contributed by atoms with Gasteiger partial charge in [0.1, 0.15) is 11.6 Å². The van der Waals surface area contributed by atoms with E-state index >= 15 is 0 Å². The lowest BCUT2D eigenvalue weighted by Crippen LogP contribution is -2.49. The molecule has 1 aromatic heterocycles. The SMILES string of the molecule is Cc1cc(N2CCN(C(=O)c3ccc(SCCC(C)C)c([N+](=O)[O-])c3)CC2)nc(C(C)C)n1. The van der Waals surface area contributed by atoms with Gasteiger partial charge in [-0.3, -0.25) is 14.9 Å². The number of hydrogen-bond acceptors (Lipinski definition) is 7. The zero-order chi connectivity index (χ0) is 24.1. The summed E-state index contributed by atoms with van der Waals surface area (Å²) in [5.74, 6) is 3.14. The van der Waals surface area contributed by atoms with Crippen LogP contribution in [0.1, 0.15) is 61.9 Å². The van der Waals surface area contributed by atoms with E-state index < -0.39 is 4.92 Å². The lowest BCUT2D eigenvalue weighted by molar-refractivity contribution is -0.387. The molecule has 0 spiro atoms. The van der Waals surface area contributed by atoms with Crippen LogP contribution in [-0.4, -0.2) is 57.6 Å². The summed E-state index contributed by atoms with van der Waals surface area (Å²) in [6.45, 7) is 12.8. The van der Waals surface area contributed by atoms with Crippen LogP contribution >= 0.6 is 11.8 Å². The molecule has 0 unspecified atom stereocenters. The van der Waals surface area contributed by atoms with Crippen molar-refractivity contribution < 1.29 is 9.72 Å². The number of aromatic nitrogens is 2. The van der Waals surface area contributed by atoms with Crippen LogP contribution in [0, 0.1) is 23.0 Å². The van der Waals surface area contributed by atoms with Crippen LogP contribution in [0.5, 0.6) is 0 Å². The molecule has 2 heterocycles. The number of anilines is 1. The fourth-order valence-corrected chi connectivity index (χ4v) is 4.89. The van der Waals surface area contributed by atoms with Crippen molar-refractivity contribution in [2.45, 2.75) is 51.9 Å². The monoisotopic (exact) mass is 471 g/mol. The first kappa shape index (κ1) is 25.0. The van der Waals surface area contributed by atoms with Gasteiger partial charge in [-0.2, -0.15) is 0 Å². The predicted octanol–water partition coefficient (Wildman–Crippen LogP) is 4.92. The summed E-state index contributed by atoms with van der Waals surface area (Å²) in [5, 5.41) is 11.6. The van der Waals surface area contributed by atoms with E-state index in [1.54, 1.807) is 17.0 Å². The molecule has 8 nitrogen and oxygen atoms in total. The number of carbonyl (C=O) groups excluding carboxylic acids is 1. The van der Waals surface area contributed by atoms with Gasteiger partial charge < -0.3 is 9.80 Å². The second kappa shape index (κ2) is 11.0. The van der Waals surface area contributed by atoms with Crippen molar-refractivity contribution in [3.63, 3.8) is 0 Å². The highest BCUT2D eigenvalue weighted by Crippen LogP contribution is 2.31. The van der Waals surface area contributed by atoms with Crippen LogP contribution in [0.2, 0.25) is 0 Å². The van der Waals surface area contributed by atoms with Crippen molar-refractivity contribution in [3.05, 3.63) is 51.5 Å². The summed E-state index contributed by atoms with van der Waals surface area (Å²) in [6, 6.07) is 6.82. The maximum Gasteiger partial charge on any atom is 0.283 e. The minimum absolute atomic E-state index is 0.00548. The molecule has 0 bridgehead atoms. The van der Waals surface area contributed by atoms with Crippen molar-refractivity contribution >= 4 is 29.2 Å². The average Bonchev–Trinajstić information content (AvgIpc) is 2.78. The molecule has 9 heteroatoms. The van der Waals surface area contributed by atoms with Gasteiger partial charge in [-0.05, 0) is 37.1 Å². The number of nitro benzene ring substituents is 1. The second-order valence-corrected chi connectivity index (χ2v) is 10.3. The van der Waals surface area contributed by atoms with Gasteiger partial charge in [0.05, 0.1) is 9.82 Å². The standard InChI is InChI=1S/C24H33N5O3S/c1-16(2)8-13-33-21-7-6-19(15-20(21)29(31)32)24(30)28-11-9-27(10-12-28)22-14-18(5)25-23(26-22)17(3)4/h6-7,14-17H,8-13H2,1-5H3. The Morgan fingerprint density at radius 3 is 2.42 bits per heavy atom. The Kier molecular flexibility index (Phi) is 8.29. The first-order valence-corrected chi connectivity index (χ1v) is 12.4. The van der Waals surface area contributed by atoms with Crippen molar-refractivity contribution in [2.75, 3.05) is 36.8 Å². The van der Waals surface area contributed by atoms with E-state index in [4.69, 9.17) is 4.98 Å². The number of amides is 1. The molecule has 1 aliphatic rings. The molecule has 178 valence electrons. The third-order valence-corrected chi connectivity index (χ3v) is 6.72. The van der Waals surface area contributed by atoms with E-state index in [2.05, 4.69) is 37.6 Å². The van der Waals surface area contributed by atoms with Crippen LogP contribution in [0.3, 0.4) is 0 Å². The molecule has 1 aromatic carbocycles. The minimum atomic E-state index is -0.393. The van der Waals surface area contributed by atoms with E-state index in [1.165, 1.54) is 17.8 Å². The van der Waals surface area contributed by atoms with Crippen LogP contribution in [-0.2, 0) is 0 Å². The highest BCUT2D eigenvalue weighted by Gasteiger charge is 2.26. The maximum absolute atomic E-state index is 13.1. The second-order valence-electron chi connectivity index (χ2n) is 9.13. The molecule has 0 saturated carbocycles. The smallest absolute Gasteiger partial charge is 0.283 e. The summed E-state index contributed by atoms with van der Waals surface area (Å²) in [4.78, 5) is 38.1. The molecular weight excluding hydrogens is 438 g/mol. The summed E-state index contributed by atoms with van der Waals surface area (Å²) < 4.78 is 0. The van der Waals surface area contributed by atoms with Crippen molar-refractivity contribution in [3.8, 4) is 0 Å². The zero-order valence-corrected chi connectivity index (χ0v) is 20.9. The van der Waals surface area contributed by atoms with Gasteiger partial charge in [0, 0.05) is 55.5 Å². The van der Waals surface area contributed by atoms with E-state index in [1.807, 2.05) is 13.0 Å². The molecule has 33 heavy (non-hydrogen) atoms. The van der Waals surface area contributed by atoms with E-state index in [0.29, 0.717) is 42.6 Å². The number of piperazine rings is 1. The molecule has 0 atom stereocenters. The van der Waals surface area contributed by atoms with Crippen LogP contribution in [0.25, 0.3) is 0 Å². The number of aryl methyl sites for hydroxylation is 1. The number of rotatable bonds is 8. The van der Waals surface area contributed by atoms with Crippen molar-refractivity contribution in [1.82, 2.24) is 14.9 Å². The van der Waals surface area contributed by atoms with Gasteiger partial charge in [0.15, 0.2) is 0 Å². The predicted molar refractivity (Wildman–Crippen MR) is 132 cm³/mol. The Balaban J connectivity index is 1.68. The Labute approximate surface area is 199 Å². The number of benzene rings is 1. The summed E-state index contributed by atoms with van der Waals surface area (Å²) in [6.07, 6.45) is 0.983. The highest BCUT2D eigenvalue weighted by atomic mass is 32.2. The number of carbonyl (C=O) groups is 1. The fraction of sp³-hybridized carbons (Fsp3) is 0.542. The summed E-state index contributed by atoms with van der Waals surface area (Å²) >= 11 is 1.48. The van der Waals surface area contributed by atoms with E-state index in [0.717, 1.165) is 29.5 Å². The number of hydrogen-bond donors (Lipinski definition) is 0. The Hall–Kier alpha value is -2.68. The third kappa shape index (κ3) is 6.43. The normalized spacial score (nSPS) is 14.3. The highest BCUT2D eigenvalue weighted by molar-refractivity contribution is 7.99. The molecular formula is C24H33N5O3S. The van der Waals surface area contributed by atoms with E-state index in [9.17, 15) is 14.9 Å². The van der Waals surface area contributed by atoms with Crippen LogP contribution in [0.15, 0.2) is 29.2 Å². The molecule has 1 saturated heterocycles. The van der Waals surface area contributed by atoms with Gasteiger partial charge in [-0.25, -0.2) is 9.97 Å². The van der Waals surface area contributed by atoms with Gasteiger partial charge in [0.25, 0.3) is 11.6 Å². The fourth-order valence-electron chi connectivity index (χ4n) is 3.64. The maximum atomic E-state index is 13.1. The van der Waals surface area contributed by atoms with Crippen molar-refractivity contribution in [1.29, 1.82) is 0 Å². The summed E-state index contributed by atoms with van der Waals surface area (Å²) in [5.41, 5.74) is 1.30. The lowest BCUT2D eigenvalue weighted by atomic mass is 10.1. The molecule has 1 aliphatic heterocycles. The topological polar surface area (TPSA) is 92.5 Å². The quantitative estimate of drug-likeness (QED) is 0.306. The van der Waals surface area contributed by atoms with Crippen LogP contribution in [0.4, 0.5) is 11.5 Å². The Bertz CT molecular complexity index is 1000. The molecule has 1 amide bonds. The Morgan fingerprint density at radius 2 is 1.82 bits per heavy atom. The van der Waals surface area contributed by atoms with Crippen molar-refractivity contribution in [2.24, 2.45) is 5.92 Å². The van der Waals surface area contributed by atoms with Gasteiger partial charge in [-0.15, -0.1) is 11.8 Å². The molecule has 3 rings (SSSR count). The van der Waals surface area contributed by atoms with E-state index in [-0.39, 0.29) is 17.5 Å². The average molecular weight is 472 g/mol. The van der Waals surface area contributed by atoms with Gasteiger partial charge in [0.2, 0.25) is 0 Å². The van der Waals surface area contributed by atoms with Crippen LogP contribution < -0.4 is 4.90 Å². The molecule has 2 aromatic rings. The zero-order valence-electron chi connectivity index (χ0n) is 20.1. The third-order valence-electron chi connectivity index (χ3n) is 5.62. The molecule has 0 N–H and O–H groups in total. The Morgan fingerprint density at radius 1 is 1.12 bits per heavy atom. The molecule has 1 fully saturated rings. The minimum Gasteiger partial charge on any atom is -0.353 e. The van der Waals surface area contributed by atoms with Gasteiger partial charge in [-0.1, -0.05) is 27.7 Å². The first-order valence-electron chi connectivity index (χ1n) is 11.5. The number of thioether (sulfide) groups is 1. The summed E-state index contributed by atoms with van der Waals surface area (Å²) in [7, 11) is 0.